The van der Waals surface area contributed by atoms with E-state index in [0.29, 0.717) is 29.6 Å². The first kappa shape index (κ1) is 16.6. The largest absolute Gasteiger partial charge is 0.375 e. The number of hydrogen-bond donors (Lipinski definition) is 2. The van der Waals surface area contributed by atoms with Gasteiger partial charge in [-0.05, 0) is 38.0 Å². The third-order valence-electron chi connectivity index (χ3n) is 3.53. The molecule has 0 saturated carbocycles. The molecule has 0 aliphatic carbocycles. The van der Waals surface area contributed by atoms with Crippen LogP contribution in [0.2, 0.25) is 10.0 Å². The van der Waals surface area contributed by atoms with Gasteiger partial charge in [0.15, 0.2) is 0 Å². The van der Waals surface area contributed by atoms with Crippen LogP contribution in [0.5, 0.6) is 0 Å². The summed E-state index contributed by atoms with van der Waals surface area (Å²) in [6.45, 7) is 5.19. The molecule has 1 aromatic carbocycles. The molecule has 1 unspecified atom stereocenters. The Hall–Kier alpha value is -0.810. The molecule has 1 aromatic rings. The van der Waals surface area contributed by atoms with Crippen molar-refractivity contribution in [3.63, 3.8) is 0 Å². The molecule has 0 bridgehead atoms. The zero-order valence-corrected chi connectivity index (χ0v) is 13.7. The number of hydrogen-bond acceptors (Lipinski definition) is 3. The molecular formula is C15H20Cl2N2O2. The van der Waals surface area contributed by atoms with Crippen LogP contribution in [0.3, 0.4) is 0 Å². The molecule has 0 radical (unpaired) electrons. The summed E-state index contributed by atoms with van der Waals surface area (Å²) in [4.78, 5) is 12.2. The lowest BCUT2D eigenvalue weighted by Crippen LogP contribution is -2.56. The van der Waals surface area contributed by atoms with E-state index in [4.69, 9.17) is 27.9 Å². The number of nitrogens with one attached hydrogen (secondary N) is 2. The average Bonchev–Trinajstić information content (AvgIpc) is 2.42. The highest BCUT2D eigenvalue weighted by Gasteiger charge is 2.28. The summed E-state index contributed by atoms with van der Waals surface area (Å²) in [6.07, 6.45) is 0.536. The minimum atomic E-state index is -0.304. The van der Waals surface area contributed by atoms with Gasteiger partial charge in [-0.2, -0.15) is 0 Å². The molecule has 116 valence electrons. The summed E-state index contributed by atoms with van der Waals surface area (Å²) in [5, 5.41) is 7.40. The third kappa shape index (κ3) is 4.58. The molecule has 1 fully saturated rings. The van der Waals surface area contributed by atoms with E-state index in [0.717, 1.165) is 5.56 Å². The van der Waals surface area contributed by atoms with E-state index in [9.17, 15) is 4.79 Å². The van der Waals surface area contributed by atoms with E-state index < -0.39 is 0 Å². The smallest absolute Gasteiger partial charge is 0.240 e. The fraction of sp³-hybridized carbons (Fsp3) is 0.533. The van der Waals surface area contributed by atoms with Crippen molar-refractivity contribution < 1.29 is 9.53 Å². The highest BCUT2D eigenvalue weighted by molar-refractivity contribution is 6.35. The minimum absolute atomic E-state index is 0.0212. The Balaban J connectivity index is 1.91. The first-order valence-corrected chi connectivity index (χ1v) is 7.82. The zero-order chi connectivity index (χ0) is 15.4. The Kier molecular flexibility index (Phi) is 5.88. The molecule has 1 heterocycles. The number of ether oxygens (including phenoxy) is 1. The molecular weight excluding hydrogens is 311 g/mol. The number of morpholine rings is 1. The third-order valence-corrected chi connectivity index (χ3v) is 4.12. The maximum atomic E-state index is 12.2. The van der Waals surface area contributed by atoms with Crippen LogP contribution in [0.15, 0.2) is 18.2 Å². The lowest BCUT2D eigenvalue weighted by atomic mass is 10.1. The monoisotopic (exact) mass is 330 g/mol. The van der Waals surface area contributed by atoms with E-state index >= 15 is 0 Å². The maximum Gasteiger partial charge on any atom is 0.240 e. The van der Waals surface area contributed by atoms with Crippen LogP contribution in [-0.2, 0) is 16.0 Å². The van der Waals surface area contributed by atoms with E-state index in [2.05, 4.69) is 10.6 Å². The lowest BCUT2D eigenvalue weighted by Gasteiger charge is -2.30. The van der Waals surface area contributed by atoms with Gasteiger partial charge in [0.25, 0.3) is 0 Å². The van der Waals surface area contributed by atoms with Gasteiger partial charge in [-0.3, -0.25) is 4.79 Å². The molecule has 4 nitrogen and oxygen atoms in total. The van der Waals surface area contributed by atoms with Crippen LogP contribution < -0.4 is 10.6 Å². The summed E-state index contributed by atoms with van der Waals surface area (Å²) in [6, 6.07) is 5.08. The van der Waals surface area contributed by atoms with E-state index in [1.807, 2.05) is 19.9 Å². The quantitative estimate of drug-likeness (QED) is 0.891. The molecule has 1 amide bonds. The standard InChI is InChI=1S/C15H20Cl2N2O2/c1-9(7-11-3-4-12(16)8-13(11)17)19-15(20)14-10(2)21-6-5-18-14/h3-4,8-10,14,18H,5-7H2,1-2H3,(H,19,20)/t9?,10-,14+/m1/s1. The molecule has 2 N–H and O–H groups in total. The second-order valence-corrected chi connectivity index (χ2v) is 6.20. The topological polar surface area (TPSA) is 50.4 Å². The van der Waals surface area contributed by atoms with Crippen molar-refractivity contribution in [2.75, 3.05) is 13.2 Å². The van der Waals surface area contributed by atoms with Gasteiger partial charge < -0.3 is 15.4 Å². The molecule has 21 heavy (non-hydrogen) atoms. The van der Waals surface area contributed by atoms with Crippen molar-refractivity contribution in [2.45, 2.75) is 38.5 Å². The van der Waals surface area contributed by atoms with E-state index in [-0.39, 0.29) is 24.1 Å². The molecule has 6 heteroatoms. The van der Waals surface area contributed by atoms with Crippen LogP contribution >= 0.6 is 23.2 Å². The van der Waals surface area contributed by atoms with Crippen LogP contribution in [0.1, 0.15) is 19.4 Å². The molecule has 1 aliphatic rings. The van der Waals surface area contributed by atoms with Gasteiger partial charge in [0.2, 0.25) is 5.91 Å². The SMILES string of the molecule is CC(Cc1ccc(Cl)cc1Cl)NC(=O)[C@H]1NCCO[C@@H]1C. The van der Waals surface area contributed by atoms with E-state index in [1.165, 1.54) is 0 Å². The van der Waals surface area contributed by atoms with Crippen molar-refractivity contribution in [1.82, 2.24) is 10.6 Å². The van der Waals surface area contributed by atoms with Crippen molar-refractivity contribution in [3.05, 3.63) is 33.8 Å². The van der Waals surface area contributed by atoms with Gasteiger partial charge in [-0.1, -0.05) is 29.3 Å². The number of carbonyl (C=O) groups is 1. The minimum Gasteiger partial charge on any atom is -0.375 e. The lowest BCUT2D eigenvalue weighted by molar-refractivity contribution is -0.129. The Morgan fingerprint density at radius 1 is 1.52 bits per heavy atom. The molecule has 1 aliphatic heterocycles. The molecule has 1 saturated heterocycles. The van der Waals surface area contributed by atoms with Crippen LogP contribution in [-0.4, -0.2) is 37.2 Å². The number of rotatable bonds is 4. The number of halogens is 2. The number of benzene rings is 1. The average molecular weight is 331 g/mol. The van der Waals surface area contributed by atoms with Crippen LogP contribution in [0, 0.1) is 0 Å². The maximum absolute atomic E-state index is 12.2. The van der Waals surface area contributed by atoms with Crippen molar-refractivity contribution in [1.29, 1.82) is 0 Å². The number of carbonyl (C=O) groups excluding carboxylic acids is 1. The predicted octanol–water partition coefficient (Wildman–Crippen LogP) is 2.42. The normalized spacial score (nSPS) is 23.6. The summed E-state index contributed by atoms with van der Waals surface area (Å²) in [7, 11) is 0. The van der Waals surface area contributed by atoms with Crippen LogP contribution in [0.25, 0.3) is 0 Å². The summed E-state index contributed by atoms with van der Waals surface area (Å²) >= 11 is 12.0. The fourth-order valence-corrected chi connectivity index (χ4v) is 2.91. The van der Waals surface area contributed by atoms with Crippen molar-refractivity contribution >= 4 is 29.1 Å². The fourth-order valence-electron chi connectivity index (χ4n) is 2.43. The Labute approximate surface area is 135 Å². The Morgan fingerprint density at radius 3 is 2.95 bits per heavy atom. The molecule has 2 rings (SSSR count). The molecule has 3 atom stereocenters. The summed E-state index contributed by atoms with van der Waals surface area (Å²) in [5.74, 6) is -0.0419. The van der Waals surface area contributed by atoms with Gasteiger partial charge in [0, 0.05) is 22.6 Å². The zero-order valence-electron chi connectivity index (χ0n) is 12.2. The first-order valence-electron chi connectivity index (χ1n) is 7.06. The second-order valence-electron chi connectivity index (χ2n) is 5.36. The van der Waals surface area contributed by atoms with Gasteiger partial charge in [-0.15, -0.1) is 0 Å². The van der Waals surface area contributed by atoms with Gasteiger partial charge in [-0.25, -0.2) is 0 Å². The first-order chi connectivity index (χ1) is 9.97. The van der Waals surface area contributed by atoms with E-state index in [1.54, 1.807) is 12.1 Å². The summed E-state index contributed by atoms with van der Waals surface area (Å²) in [5.41, 5.74) is 0.967. The predicted molar refractivity (Wildman–Crippen MR) is 85.0 cm³/mol. The summed E-state index contributed by atoms with van der Waals surface area (Å²) < 4.78 is 5.48. The van der Waals surface area contributed by atoms with Crippen molar-refractivity contribution in [2.24, 2.45) is 0 Å². The Morgan fingerprint density at radius 2 is 2.29 bits per heavy atom. The molecule has 0 spiro atoms. The van der Waals surface area contributed by atoms with Gasteiger partial charge >= 0.3 is 0 Å². The Bertz CT molecular complexity index is 510. The highest BCUT2D eigenvalue weighted by atomic mass is 35.5. The second kappa shape index (κ2) is 7.45. The van der Waals surface area contributed by atoms with Gasteiger partial charge in [0.1, 0.15) is 6.04 Å². The van der Waals surface area contributed by atoms with Gasteiger partial charge in [0.05, 0.1) is 12.7 Å². The number of amides is 1. The molecule has 0 aromatic heterocycles. The van der Waals surface area contributed by atoms with Crippen molar-refractivity contribution in [3.8, 4) is 0 Å². The van der Waals surface area contributed by atoms with Crippen LogP contribution in [0.4, 0.5) is 0 Å². The highest BCUT2D eigenvalue weighted by Crippen LogP contribution is 2.22.